The average molecular weight is 330 g/mol. The monoisotopic (exact) mass is 330 g/mol. The van der Waals surface area contributed by atoms with Crippen LogP contribution in [0.2, 0.25) is 0 Å². The Hall–Kier alpha value is -2.84. The SMILES string of the molecule is NCCN(Cc1cccc(C(=O)O)n1)Cc1cccc(C(=O)O)n1. The number of pyridine rings is 2. The van der Waals surface area contributed by atoms with Gasteiger partial charge in [0.1, 0.15) is 11.4 Å². The van der Waals surface area contributed by atoms with Crippen molar-refractivity contribution in [1.82, 2.24) is 14.9 Å². The van der Waals surface area contributed by atoms with Gasteiger partial charge in [-0.2, -0.15) is 0 Å². The van der Waals surface area contributed by atoms with Crippen molar-refractivity contribution >= 4 is 11.9 Å². The summed E-state index contributed by atoms with van der Waals surface area (Å²) in [6.45, 7) is 1.71. The number of aromatic nitrogens is 2. The van der Waals surface area contributed by atoms with E-state index in [9.17, 15) is 9.59 Å². The fourth-order valence-electron chi connectivity index (χ4n) is 2.23. The normalized spacial score (nSPS) is 10.8. The van der Waals surface area contributed by atoms with Crippen LogP contribution in [0, 0.1) is 0 Å². The van der Waals surface area contributed by atoms with E-state index in [2.05, 4.69) is 9.97 Å². The second-order valence-electron chi connectivity index (χ2n) is 5.14. The molecule has 0 aromatic carbocycles. The van der Waals surface area contributed by atoms with Gasteiger partial charge >= 0.3 is 11.9 Å². The molecule has 8 nitrogen and oxygen atoms in total. The summed E-state index contributed by atoms with van der Waals surface area (Å²) >= 11 is 0. The Balaban J connectivity index is 2.14. The molecule has 0 radical (unpaired) electrons. The summed E-state index contributed by atoms with van der Waals surface area (Å²) < 4.78 is 0. The standard InChI is InChI=1S/C16H18N4O4/c17-7-8-20(9-11-3-1-5-13(18-11)15(21)22)10-12-4-2-6-14(19-12)16(23)24/h1-6H,7-10,17H2,(H,21,22)(H,23,24). The van der Waals surface area contributed by atoms with E-state index in [1.807, 2.05) is 4.90 Å². The van der Waals surface area contributed by atoms with Gasteiger partial charge in [-0.15, -0.1) is 0 Å². The van der Waals surface area contributed by atoms with Gasteiger partial charge in [0.25, 0.3) is 0 Å². The van der Waals surface area contributed by atoms with Crippen LogP contribution in [0.3, 0.4) is 0 Å². The molecule has 2 rings (SSSR count). The zero-order valence-electron chi connectivity index (χ0n) is 12.9. The molecule has 0 fully saturated rings. The van der Waals surface area contributed by atoms with E-state index in [1.54, 1.807) is 24.3 Å². The van der Waals surface area contributed by atoms with Gasteiger partial charge < -0.3 is 15.9 Å². The Morgan fingerprint density at radius 1 is 0.917 bits per heavy atom. The lowest BCUT2D eigenvalue weighted by Crippen LogP contribution is -2.29. The second kappa shape index (κ2) is 8.14. The van der Waals surface area contributed by atoms with Gasteiger partial charge in [-0.25, -0.2) is 19.6 Å². The Kier molecular flexibility index (Phi) is 5.94. The summed E-state index contributed by atoms with van der Waals surface area (Å²) in [6.07, 6.45) is 0. The van der Waals surface area contributed by atoms with Gasteiger partial charge in [-0.3, -0.25) is 4.90 Å². The highest BCUT2D eigenvalue weighted by Gasteiger charge is 2.12. The number of rotatable bonds is 8. The smallest absolute Gasteiger partial charge is 0.354 e. The number of carboxylic acid groups (broad SMARTS) is 2. The van der Waals surface area contributed by atoms with Crippen molar-refractivity contribution in [3.63, 3.8) is 0 Å². The quantitative estimate of drug-likeness (QED) is 0.649. The summed E-state index contributed by atoms with van der Waals surface area (Å²) in [4.78, 5) is 32.1. The number of carboxylic acids is 2. The topological polar surface area (TPSA) is 130 Å². The van der Waals surface area contributed by atoms with E-state index in [1.165, 1.54) is 12.1 Å². The lowest BCUT2D eigenvalue weighted by Gasteiger charge is -2.21. The Morgan fingerprint density at radius 2 is 1.38 bits per heavy atom. The zero-order valence-corrected chi connectivity index (χ0v) is 12.9. The third kappa shape index (κ3) is 4.83. The summed E-state index contributed by atoms with van der Waals surface area (Å²) in [5.74, 6) is -2.17. The molecule has 0 bridgehead atoms. The molecule has 0 spiro atoms. The Bertz CT molecular complexity index is 676. The first kappa shape index (κ1) is 17.5. The molecular formula is C16H18N4O4. The highest BCUT2D eigenvalue weighted by Crippen LogP contribution is 2.09. The molecule has 2 aromatic heterocycles. The lowest BCUT2D eigenvalue weighted by atomic mass is 10.2. The zero-order chi connectivity index (χ0) is 17.5. The van der Waals surface area contributed by atoms with Gasteiger partial charge in [-0.05, 0) is 24.3 Å². The van der Waals surface area contributed by atoms with Crippen molar-refractivity contribution < 1.29 is 19.8 Å². The molecule has 126 valence electrons. The van der Waals surface area contributed by atoms with Gasteiger partial charge in [-0.1, -0.05) is 12.1 Å². The first-order chi connectivity index (χ1) is 11.5. The molecule has 0 amide bonds. The van der Waals surface area contributed by atoms with Gasteiger partial charge in [0, 0.05) is 26.2 Å². The average Bonchev–Trinajstić information content (AvgIpc) is 2.55. The first-order valence-corrected chi connectivity index (χ1v) is 7.30. The van der Waals surface area contributed by atoms with E-state index >= 15 is 0 Å². The van der Waals surface area contributed by atoms with Crippen molar-refractivity contribution in [2.45, 2.75) is 13.1 Å². The maximum absolute atomic E-state index is 11.0. The molecule has 0 saturated carbocycles. The third-order valence-electron chi connectivity index (χ3n) is 3.27. The van der Waals surface area contributed by atoms with E-state index in [4.69, 9.17) is 15.9 Å². The van der Waals surface area contributed by atoms with Crippen molar-refractivity contribution in [2.75, 3.05) is 13.1 Å². The number of hydrogen-bond donors (Lipinski definition) is 3. The molecule has 0 aliphatic heterocycles. The highest BCUT2D eigenvalue weighted by molar-refractivity contribution is 5.85. The van der Waals surface area contributed by atoms with Crippen LogP contribution in [0.1, 0.15) is 32.4 Å². The predicted octanol–water partition coefficient (Wildman–Crippen LogP) is 0.834. The van der Waals surface area contributed by atoms with E-state index in [-0.39, 0.29) is 11.4 Å². The van der Waals surface area contributed by atoms with Crippen molar-refractivity contribution in [3.8, 4) is 0 Å². The van der Waals surface area contributed by atoms with Crippen LogP contribution in [-0.2, 0) is 13.1 Å². The molecular weight excluding hydrogens is 312 g/mol. The summed E-state index contributed by atoms with van der Waals surface area (Å²) in [7, 11) is 0. The third-order valence-corrected chi connectivity index (χ3v) is 3.27. The number of nitrogens with two attached hydrogens (primary N) is 1. The van der Waals surface area contributed by atoms with E-state index in [0.717, 1.165) is 0 Å². The van der Waals surface area contributed by atoms with Crippen LogP contribution in [0.15, 0.2) is 36.4 Å². The van der Waals surface area contributed by atoms with Gasteiger partial charge in [0.2, 0.25) is 0 Å². The number of nitrogens with zero attached hydrogens (tertiary/aromatic N) is 3. The molecule has 8 heteroatoms. The summed E-state index contributed by atoms with van der Waals surface area (Å²) in [5.41, 5.74) is 6.77. The maximum Gasteiger partial charge on any atom is 0.354 e. The van der Waals surface area contributed by atoms with Crippen molar-refractivity contribution in [1.29, 1.82) is 0 Å². The molecule has 0 saturated heterocycles. The van der Waals surface area contributed by atoms with Crippen LogP contribution < -0.4 is 5.73 Å². The van der Waals surface area contributed by atoms with Gasteiger partial charge in [0.15, 0.2) is 0 Å². The lowest BCUT2D eigenvalue weighted by molar-refractivity contribution is 0.0679. The number of aromatic carboxylic acids is 2. The molecule has 0 aliphatic carbocycles. The summed E-state index contributed by atoms with van der Waals surface area (Å²) in [6, 6.07) is 9.59. The molecule has 24 heavy (non-hydrogen) atoms. The number of carbonyl (C=O) groups is 2. The van der Waals surface area contributed by atoms with Crippen molar-refractivity contribution in [3.05, 3.63) is 59.2 Å². The molecule has 2 aromatic rings. The fourth-order valence-corrected chi connectivity index (χ4v) is 2.23. The van der Waals surface area contributed by atoms with E-state index in [0.29, 0.717) is 37.6 Å². The Morgan fingerprint density at radius 3 is 1.75 bits per heavy atom. The minimum atomic E-state index is -1.09. The second-order valence-corrected chi connectivity index (χ2v) is 5.14. The van der Waals surface area contributed by atoms with Crippen molar-refractivity contribution in [2.24, 2.45) is 5.73 Å². The predicted molar refractivity (Wildman–Crippen MR) is 85.6 cm³/mol. The van der Waals surface area contributed by atoms with E-state index < -0.39 is 11.9 Å². The first-order valence-electron chi connectivity index (χ1n) is 7.30. The summed E-state index contributed by atoms with van der Waals surface area (Å²) in [5, 5.41) is 18.0. The minimum absolute atomic E-state index is 0.0220. The van der Waals surface area contributed by atoms with Crippen LogP contribution >= 0.6 is 0 Å². The molecule has 0 unspecified atom stereocenters. The van der Waals surface area contributed by atoms with Crippen LogP contribution in [0.5, 0.6) is 0 Å². The number of hydrogen-bond acceptors (Lipinski definition) is 6. The van der Waals surface area contributed by atoms with Gasteiger partial charge in [0.05, 0.1) is 11.4 Å². The van der Waals surface area contributed by atoms with Crippen LogP contribution in [0.4, 0.5) is 0 Å². The Labute approximate surface area is 138 Å². The van der Waals surface area contributed by atoms with Crippen LogP contribution in [0.25, 0.3) is 0 Å². The fraction of sp³-hybridized carbons (Fsp3) is 0.250. The largest absolute Gasteiger partial charge is 0.477 e. The maximum atomic E-state index is 11.0. The minimum Gasteiger partial charge on any atom is -0.477 e. The molecule has 0 atom stereocenters. The highest BCUT2D eigenvalue weighted by atomic mass is 16.4. The molecule has 0 aliphatic rings. The molecule has 2 heterocycles. The molecule has 4 N–H and O–H groups in total. The van der Waals surface area contributed by atoms with Crippen LogP contribution in [-0.4, -0.2) is 50.1 Å².